The third-order valence-electron chi connectivity index (χ3n) is 3.65. The summed E-state index contributed by atoms with van der Waals surface area (Å²) in [6.07, 6.45) is 6.13. The number of carbonyl (C=O) groups excluding carboxylic acids is 2. The number of carbonyl (C=O) groups is 2. The molecule has 0 atom stereocenters. The summed E-state index contributed by atoms with van der Waals surface area (Å²) in [6, 6.07) is 7.39. The quantitative estimate of drug-likeness (QED) is 0.492. The van der Waals surface area contributed by atoms with Crippen LogP contribution in [-0.2, 0) is 9.59 Å². The summed E-state index contributed by atoms with van der Waals surface area (Å²) in [7, 11) is 0. The van der Waals surface area contributed by atoms with Crippen molar-refractivity contribution >= 4 is 29.3 Å². The summed E-state index contributed by atoms with van der Waals surface area (Å²) in [5, 5.41) is 14.3. The zero-order valence-corrected chi connectivity index (χ0v) is 16.0. The molecule has 1 aromatic heterocycles. The van der Waals surface area contributed by atoms with Gasteiger partial charge in [0.05, 0.1) is 11.4 Å². The van der Waals surface area contributed by atoms with Crippen LogP contribution >= 0.6 is 11.8 Å². The standard InChI is InChI=1S/C18H25N5O2S/c1-3-4-5-6-10-19-17(25)12-26-18-22-20-13-23(18)16-9-7-8-15(11-16)21-14(2)24/h7-9,11,13H,3-6,10,12H2,1-2H3,(H,19,25)(H,21,24). The Labute approximate surface area is 158 Å². The van der Waals surface area contributed by atoms with Gasteiger partial charge in [-0.05, 0) is 24.6 Å². The van der Waals surface area contributed by atoms with E-state index >= 15 is 0 Å². The Morgan fingerprint density at radius 2 is 2.08 bits per heavy atom. The molecule has 0 bridgehead atoms. The van der Waals surface area contributed by atoms with Gasteiger partial charge >= 0.3 is 0 Å². The molecular weight excluding hydrogens is 350 g/mol. The Kier molecular flexibility index (Phi) is 8.14. The van der Waals surface area contributed by atoms with Crippen molar-refractivity contribution in [3.8, 4) is 5.69 Å². The maximum Gasteiger partial charge on any atom is 0.230 e. The van der Waals surface area contributed by atoms with Crippen LogP contribution in [0.1, 0.15) is 39.5 Å². The fraction of sp³-hybridized carbons (Fsp3) is 0.444. The van der Waals surface area contributed by atoms with Crippen molar-refractivity contribution in [2.45, 2.75) is 44.7 Å². The number of aromatic nitrogens is 3. The van der Waals surface area contributed by atoms with Crippen LogP contribution in [0.4, 0.5) is 5.69 Å². The van der Waals surface area contributed by atoms with E-state index in [2.05, 4.69) is 27.8 Å². The van der Waals surface area contributed by atoms with Crippen LogP contribution in [0, 0.1) is 0 Å². The predicted octanol–water partition coefficient (Wildman–Crippen LogP) is 3.01. The highest BCUT2D eigenvalue weighted by Crippen LogP contribution is 2.21. The third-order valence-corrected chi connectivity index (χ3v) is 4.59. The van der Waals surface area contributed by atoms with Crippen LogP contribution in [-0.4, -0.2) is 38.9 Å². The van der Waals surface area contributed by atoms with E-state index in [0.717, 1.165) is 18.5 Å². The van der Waals surface area contributed by atoms with E-state index in [9.17, 15) is 9.59 Å². The lowest BCUT2D eigenvalue weighted by Crippen LogP contribution is -2.26. The number of anilines is 1. The average Bonchev–Trinajstić information content (AvgIpc) is 3.08. The van der Waals surface area contributed by atoms with Crippen molar-refractivity contribution in [2.24, 2.45) is 0 Å². The van der Waals surface area contributed by atoms with Gasteiger partial charge < -0.3 is 10.6 Å². The topological polar surface area (TPSA) is 88.9 Å². The Balaban J connectivity index is 1.90. The molecule has 0 spiro atoms. The summed E-state index contributed by atoms with van der Waals surface area (Å²) in [6.45, 7) is 4.34. The monoisotopic (exact) mass is 375 g/mol. The molecule has 0 aliphatic heterocycles. The molecule has 7 nitrogen and oxygen atoms in total. The van der Waals surface area contributed by atoms with Gasteiger partial charge in [0.1, 0.15) is 6.33 Å². The molecule has 2 N–H and O–H groups in total. The van der Waals surface area contributed by atoms with E-state index in [1.807, 2.05) is 24.3 Å². The van der Waals surface area contributed by atoms with Crippen molar-refractivity contribution in [1.82, 2.24) is 20.1 Å². The number of benzene rings is 1. The van der Waals surface area contributed by atoms with E-state index in [1.54, 1.807) is 10.9 Å². The Morgan fingerprint density at radius 3 is 2.85 bits per heavy atom. The highest BCUT2D eigenvalue weighted by molar-refractivity contribution is 7.99. The first kappa shape index (κ1) is 20.0. The molecule has 0 unspecified atom stereocenters. The molecule has 0 saturated heterocycles. The molecule has 2 aromatic rings. The average molecular weight is 375 g/mol. The summed E-state index contributed by atoms with van der Waals surface area (Å²) < 4.78 is 1.80. The van der Waals surface area contributed by atoms with Crippen molar-refractivity contribution in [3.63, 3.8) is 0 Å². The summed E-state index contributed by atoms with van der Waals surface area (Å²) in [4.78, 5) is 23.2. The van der Waals surface area contributed by atoms with Crippen LogP contribution in [0.2, 0.25) is 0 Å². The minimum Gasteiger partial charge on any atom is -0.355 e. The molecule has 0 fully saturated rings. The maximum absolute atomic E-state index is 12.0. The maximum atomic E-state index is 12.0. The van der Waals surface area contributed by atoms with Crippen LogP contribution in [0.3, 0.4) is 0 Å². The predicted molar refractivity (Wildman–Crippen MR) is 104 cm³/mol. The highest BCUT2D eigenvalue weighted by Gasteiger charge is 2.10. The van der Waals surface area contributed by atoms with Crippen LogP contribution in [0.15, 0.2) is 35.7 Å². The van der Waals surface area contributed by atoms with Crippen LogP contribution < -0.4 is 10.6 Å². The number of unbranched alkanes of at least 4 members (excludes halogenated alkanes) is 3. The van der Waals surface area contributed by atoms with Gasteiger partial charge in [0.25, 0.3) is 0 Å². The smallest absolute Gasteiger partial charge is 0.230 e. The normalized spacial score (nSPS) is 10.5. The molecule has 2 amide bonds. The zero-order valence-electron chi connectivity index (χ0n) is 15.2. The Morgan fingerprint density at radius 1 is 1.23 bits per heavy atom. The molecule has 26 heavy (non-hydrogen) atoms. The van der Waals surface area contributed by atoms with Gasteiger partial charge in [0.2, 0.25) is 11.8 Å². The molecule has 8 heteroatoms. The number of amides is 2. The first-order valence-corrected chi connectivity index (χ1v) is 9.76. The molecule has 1 heterocycles. The van der Waals surface area contributed by atoms with Gasteiger partial charge in [-0.1, -0.05) is 44.0 Å². The molecule has 0 aliphatic rings. The van der Waals surface area contributed by atoms with E-state index in [1.165, 1.54) is 31.5 Å². The van der Waals surface area contributed by atoms with Gasteiger partial charge in [0, 0.05) is 19.2 Å². The molecule has 0 aliphatic carbocycles. The minimum absolute atomic E-state index is 0.00644. The molecule has 1 aromatic carbocycles. The number of hydrogen-bond acceptors (Lipinski definition) is 5. The second-order valence-electron chi connectivity index (χ2n) is 5.91. The van der Waals surface area contributed by atoms with Gasteiger partial charge in [-0.15, -0.1) is 10.2 Å². The Hall–Kier alpha value is -2.35. The largest absolute Gasteiger partial charge is 0.355 e. The molecule has 140 valence electrons. The minimum atomic E-state index is -0.129. The summed E-state index contributed by atoms with van der Waals surface area (Å²) in [5.41, 5.74) is 1.52. The molecular formula is C18H25N5O2S. The molecule has 0 radical (unpaired) electrons. The third kappa shape index (κ3) is 6.51. The first-order chi connectivity index (χ1) is 12.6. The zero-order chi connectivity index (χ0) is 18.8. The van der Waals surface area contributed by atoms with E-state index in [4.69, 9.17) is 0 Å². The molecule has 0 saturated carbocycles. The SMILES string of the molecule is CCCCCCNC(=O)CSc1nncn1-c1cccc(NC(C)=O)c1. The van der Waals surface area contributed by atoms with Gasteiger partial charge in [-0.25, -0.2) is 0 Å². The lowest BCUT2D eigenvalue weighted by Gasteiger charge is -2.09. The lowest BCUT2D eigenvalue weighted by atomic mass is 10.2. The number of hydrogen-bond donors (Lipinski definition) is 2. The van der Waals surface area contributed by atoms with Crippen molar-refractivity contribution in [1.29, 1.82) is 0 Å². The summed E-state index contributed by atoms with van der Waals surface area (Å²) in [5.74, 6) is 0.155. The van der Waals surface area contributed by atoms with Gasteiger partial charge in [-0.2, -0.15) is 0 Å². The highest BCUT2D eigenvalue weighted by atomic mass is 32.2. The van der Waals surface area contributed by atoms with Gasteiger partial charge in [0.15, 0.2) is 5.16 Å². The van der Waals surface area contributed by atoms with Crippen molar-refractivity contribution < 1.29 is 9.59 Å². The first-order valence-electron chi connectivity index (χ1n) is 8.77. The van der Waals surface area contributed by atoms with Crippen molar-refractivity contribution in [3.05, 3.63) is 30.6 Å². The fourth-order valence-corrected chi connectivity index (χ4v) is 3.16. The van der Waals surface area contributed by atoms with Gasteiger partial charge in [-0.3, -0.25) is 14.2 Å². The van der Waals surface area contributed by atoms with E-state index < -0.39 is 0 Å². The fourth-order valence-electron chi connectivity index (χ4n) is 2.40. The lowest BCUT2D eigenvalue weighted by molar-refractivity contribution is -0.118. The Bertz CT molecular complexity index is 732. The number of rotatable bonds is 10. The number of nitrogens with one attached hydrogen (secondary N) is 2. The van der Waals surface area contributed by atoms with E-state index in [-0.39, 0.29) is 17.6 Å². The molecule has 2 rings (SSSR count). The summed E-state index contributed by atoms with van der Waals surface area (Å²) >= 11 is 1.33. The second kappa shape index (κ2) is 10.6. The number of thioether (sulfide) groups is 1. The van der Waals surface area contributed by atoms with Crippen LogP contribution in [0.5, 0.6) is 0 Å². The van der Waals surface area contributed by atoms with Crippen molar-refractivity contribution in [2.75, 3.05) is 17.6 Å². The number of nitrogens with zero attached hydrogens (tertiary/aromatic N) is 3. The van der Waals surface area contributed by atoms with Crippen LogP contribution in [0.25, 0.3) is 5.69 Å². The van der Waals surface area contributed by atoms with E-state index in [0.29, 0.717) is 17.4 Å². The second-order valence-corrected chi connectivity index (χ2v) is 6.86.